The summed E-state index contributed by atoms with van der Waals surface area (Å²) in [6.45, 7) is 0. The predicted octanol–water partition coefficient (Wildman–Crippen LogP) is 7.27. The fourth-order valence-corrected chi connectivity index (χ4v) is 2.37. The van der Waals surface area contributed by atoms with Crippen molar-refractivity contribution in [1.29, 1.82) is 0 Å². The van der Waals surface area contributed by atoms with Gasteiger partial charge in [-0.05, 0) is 36.4 Å². The van der Waals surface area contributed by atoms with Crippen LogP contribution >= 0.6 is 43.4 Å². The van der Waals surface area contributed by atoms with Crippen molar-refractivity contribution in [3.8, 4) is 0 Å². The third kappa shape index (κ3) is 7.63. The van der Waals surface area contributed by atoms with Gasteiger partial charge in [-0.3, -0.25) is 9.98 Å². The standard InChI is InChI=1S/C19H13Cl2N3.2ClH.Fe/c20-16-8-1-3-10-18(16)22-12-14-6-5-7-15(24-14)13-23-19-11-4-2-9-17(19)21;;;/h1-13H;2*1H;/q;;;+2/p-2. The van der Waals surface area contributed by atoms with E-state index in [1.165, 1.54) is 0 Å². The topological polar surface area (TPSA) is 37.6 Å². The van der Waals surface area contributed by atoms with Gasteiger partial charge >= 0.3 is 33.3 Å². The molecule has 3 nitrogen and oxygen atoms in total. The van der Waals surface area contributed by atoms with E-state index in [1.54, 1.807) is 24.6 Å². The first kappa shape index (κ1) is 21.9. The molecule has 0 radical (unpaired) electrons. The number of aromatic nitrogens is 1. The number of aliphatic imine (C=N–C) groups is 2. The molecule has 0 aliphatic rings. The van der Waals surface area contributed by atoms with Gasteiger partial charge in [-0.15, -0.1) is 0 Å². The molecule has 0 fully saturated rings. The number of hydrogen-bond acceptors (Lipinski definition) is 3. The SMILES string of the molecule is Clc1ccccc1N=Cc1cccc(C=Nc2ccccc2Cl)n1.[Cl][Fe][Cl]. The molecule has 0 unspecified atom stereocenters. The first-order chi connectivity index (χ1) is 13.1. The zero-order valence-corrected chi connectivity index (χ0v) is 17.8. The quantitative estimate of drug-likeness (QED) is 0.286. The Kier molecular flexibility index (Phi) is 9.85. The zero-order chi connectivity index (χ0) is 19.5. The van der Waals surface area contributed by atoms with Crippen molar-refractivity contribution in [2.75, 3.05) is 0 Å². The number of pyridine rings is 1. The van der Waals surface area contributed by atoms with E-state index in [0.717, 1.165) is 11.4 Å². The van der Waals surface area contributed by atoms with E-state index in [4.69, 9.17) is 43.4 Å². The van der Waals surface area contributed by atoms with Crippen molar-refractivity contribution in [2.24, 2.45) is 9.98 Å². The van der Waals surface area contributed by atoms with Crippen LogP contribution in [0.2, 0.25) is 10.0 Å². The van der Waals surface area contributed by atoms with Gasteiger partial charge in [0.1, 0.15) is 0 Å². The predicted molar refractivity (Wildman–Crippen MR) is 113 cm³/mol. The van der Waals surface area contributed by atoms with E-state index >= 15 is 0 Å². The second-order valence-corrected chi connectivity index (χ2v) is 7.60. The van der Waals surface area contributed by atoms with Gasteiger partial charge < -0.3 is 0 Å². The summed E-state index contributed by atoms with van der Waals surface area (Å²) in [6.07, 6.45) is 3.35. The average molecular weight is 481 g/mol. The second-order valence-electron chi connectivity index (χ2n) is 4.96. The van der Waals surface area contributed by atoms with Crippen LogP contribution in [0.5, 0.6) is 0 Å². The first-order valence-electron chi connectivity index (χ1n) is 7.53. The molecule has 0 N–H and O–H groups in total. The fraction of sp³-hybridized carbons (Fsp3) is 0. The molecule has 0 saturated heterocycles. The summed E-state index contributed by atoms with van der Waals surface area (Å²) in [5.41, 5.74) is 2.85. The van der Waals surface area contributed by atoms with Crippen LogP contribution in [0.25, 0.3) is 0 Å². The molecule has 0 bridgehead atoms. The Morgan fingerprint density at radius 1 is 0.667 bits per heavy atom. The number of benzene rings is 2. The van der Waals surface area contributed by atoms with E-state index in [-0.39, 0.29) is 13.1 Å². The Balaban J connectivity index is 0.000000817. The van der Waals surface area contributed by atoms with Crippen LogP contribution in [-0.2, 0) is 13.1 Å². The van der Waals surface area contributed by atoms with Gasteiger partial charge in [-0.1, -0.05) is 53.5 Å². The van der Waals surface area contributed by atoms with Crippen molar-refractivity contribution in [1.82, 2.24) is 4.98 Å². The summed E-state index contributed by atoms with van der Waals surface area (Å²) in [6, 6.07) is 20.4. The molecule has 3 aromatic rings. The van der Waals surface area contributed by atoms with E-state index < -0.39 is 0 Å². The summed E-state index contributed by atoms with van der Waals surface area (Å²) >= 11 is 12.4. The van der Waals surface area contributed by atoms with Crippen LogP contribution in [0.3, 0.4) is 0 Å². The van der Waals surface area contributed by atoms with Crippen LogP contribution in [-0.4, -0.2) is 17.4 Å². The van der Waals surface area contributed by atoms with Gasteiger partial charge in [0, 0.05) is 0 Å². The fourth-order valence-electron chi connectivity index (χ4n) is 2.00. The van der Waals surface area contributed by atoms with Gasteiger partial charge in [-0.2, -0.15) is 0 Å². The van der Waals surface area contributed by atoms with Gasteiger partial charge in [-0.25, -0.2) is 4.98 Å². The molecule has 2 aromatic carbocycles. The van der Waals surface area contributed by atoms with Crippen molar-refractivity contribution in [2.45, 2.75) is 0 Å². The maximum atomic E-state index is 6.09. The molecule has 8 heteroatoms. The molecular weight excluding hydrogens is 468 g/mol. The molecule has 0 spiro atoms. The summed E-state index contributed by atoms with van der Waals surface area (Å²) in [4.78, 5) is 13.2. The summed E-state index contributed by atoms with van der Waals surface area (Å²) in [7, 11) is 9.53. The minimum absolute atomic E-state index is 0.194. The van der Waals surface area contributed by atoms with Crippen LogP contribution < -0.4 is 0 Å². The van der Waals surface area contributed by atoms with Gasteiger partial charge in [0.15, 0.2) is 0 Å². The number of halogens is 4. The maximum absolute atomic E-state index is 6.09. The summed E-state index contributed by atoms with van der Waals surface area (Å²) < 4.78 is 0. The Hall–Kier alpha value is -1.39. The zero-order valence-electron chi connectivity index (χ0n) is 13.7. The molecular formula is C19H13Cl4FeN3. The van der Waals surface area contributed by atoms with Crippen molar-refractivity contribution < 1.29 is 13.1 Å². The number of rotatable bonds is 4. The Morgan fingerprint density at radius 2 is 1.07 bits per heavy atom. The first-order valence-corrected chi connectivity index (χ1v) is 11.3. The van der Waals surface area contributed by atoms with Crippen molar-refractivity contribution in [3.63, 3.8) is 0 Å². The molecule has 0 aliphatic carbocycles. The van der Waals surface area contributed by atoms with E-state index in [2.05, 4.69) is 15.0 Å². The molecule has 1 aromatic heterocycles. The molecule has 27 heavy (non-hydrogen) atoms. The van der Waals surface area contributed by atoms with Crippen LogP contribution in [0, 0.1) is 0 Å². The van der Waals surface area contributed by atoms with E-state index in [9.17, 15) is 0 Å². The monoisotopic (exact) mass is 479 g/mol. The number of para-hydroxylation sites is 2. The van der Waals surface area contributed by atoms with Gasteiger partial charge in [0.2, 0.25) is 0 Å². The number of nitrogens with zero attached hydrogens (tertiary/aromatic N) is 3. The molecule has 0 saturated carbocycles. The molecule has 140 valence electrons. The third-order valence-electron chi connectivity index (χ3n) is 3.17. The van der Waals surface area contributed by atoms with Crippen LogP contribution in [0.4, 0.5) is 11.4 Å². The van der Waals surface area contributed by atoms with Crippen LogP contribution in [0.15, 0.2) is 76.7 Å². The van der Waals surface area contributed by atoms with E-state index in [1.807, 2.05) is 54.6 Å². The molecule has 0 amide bonds. The van der Waals surface area contributed by atoms with Gasteiger partial charge in [0.25, 0.3) is 0 Å². The van der Waals surface area contributed by atoms with E-state index in [0.29, 0.717) is 21.4 Å². The molecule has 0 atom stereocenters. The van der Waals surface area contributed by atoms with Crippen molar-refractivity contribution in [3.05, 3.63) is 88.2 Å². The minimum atomic E-state index is 0.194. The Morgan fingerprint density at radius 3 is 1.48 bits per heavy atom. The number of hydrogen-bond donors (Lipinski definition) is 0. The second kappa shape index (κ2) is 12.1. The van der Waals surface area contributed by atoms with Crippen LogP contribution in [0.1, 0.15) is 11.4 Å². The normalized spacial score (nSPS) is 11.0. The van der Waals surface area contributed by atoms with Gasteiger partial charge in [0.05, 0.1) is 45.2 Å². The summed E-state index contributed by atoms with van der Waals surface area (Å²) in [5, 5.41) is 1.20. The van der Waals surface area contributed by atoms with Crippen molar-refractivity contribution >= 4 is 67.2 Å². The molecule has 3 rings (SSSR count). The Bertz CT molecular complexity index is 861. The molecule has 0 aliphatic heterocycles. The summed E-state index contributed by atoms with van der Waals surface area (Å²) in [5.74, 6) is 0. The average Bonchev–Trinajstić information content (AvgIpc) is 2.68. The molecule has 1 heterocycles. The third-order valence-corrected chi connectivity index (χ3v) is 3.81. The Labute approximate surface area is 182 Å².